The highest BCUT2D eigenvalue weighted by Gasteiger charge is 2.21. The van der Waals surface area contributed by atoms with Gasteiger partial charge in [0.25, 0.3) is 0 Å². The van der Waals surface area contributed by atoms with E-state index in [1.165, 1.54) is 6.07 Å². The minimum absolute atomic E-state index is 0.0202. The van der Waals surface area contributed by atoms with Crippen molar-refractivity contribution < 1.29 is 14.7 Å². The van der Waals surface area contributed by atoms with Crippen LogP contribution in [0.3, 0.4) is 0 Å². The third-order valence-corrected chi connectivity index (χ3v) is 3.91. The fourth-order valence-corrected chi connectivity index (χ4v) is 3.12. The van der Waals surface area contributed by atoms with E-state index in [-0.39, 0.29) is 29.6 Å². The molecule has 1 unspecified atom stereocenters. The van der Waals surface area contributed by atoms with E-state index >= 15 is 0 Å². The fraction of sp³-hybridized carbons (Fsp3) is 0.385. The van der Waals surface area contributed by atoms with Gasteiger partial charge in [-0.25, -0.2) is 4.79 Å². The van der Waals surface area contributed by atoms with Gasteiger partial charge in [-0.2, -0.15) is 0 Å². The van der Waals surface area contributed by atoms with Crippen LogP contribution in [0.15, 0.2) is 21.1 Å². The third kappa shape index (κ3) is 4.29. The Kier molecular flexibility index (Phi) is 6.64. The van der Waals surface area contributed by atoms with Crippen molar-refractivity contribution in [3.05, 3.63) is 26.6 Å². The van der Waals surface area contributed by atoms with Crippen LogP contribution in [0.4, 0.5) is 5.69 Å². The van der Waals surface area contributed by atoms with Crippen LogP contribution in [0.5, 0.6) is 0 Å². The second-order valence-electron chi connectivity index (χ2n) is 4.33. The lowest BCUT2D eigenvalue weighted by Gasteiger charge is -2.16. The SMILES string of the molecule is CCCC(CN)C(=O)Nc1c(Br)cc(Br)cc1C(=O)O. The molecule has 0 spiro atoms. The van der Waals surface area contributed by atoms with E-state index in [4.69, 9.17) is 5.73 Å². The number of rotatable bonds is 6. The molecule has 1 atom stereocenters. The van der Waals surface area contributed by atoms with Gasteiger partial charge in [0, 0.05) is 15.5 Å². The predicted molar refractivity (Wildman–Crippen MR) is 84.9 cm³/mol. The number of carboxylic acids is 1. The van der Waals surface area contributed by atoms with Crippen LogP contribution in [-0.4, -0.2) is 23.5 Å². The average Bonchev–Trinajstić information content (AvgIpc) is 2.38. The Balaban J connectivity index is 3.08. The number of carboxylic acid groups (broad SMARTS) is 1. The zero-order valence-corrected chi connectivity index (χ0v) is 14.1. The number of hydrogen-bond acceptors (Lipinski definition) is 3. The van der Waals surface area contributed by atoms with Crippen molar-refractivity contribution in [2.45, 2.75) is 19.8 Å². The molecule has 0 aromatic heterocycles. The number of halogens is 2. The molecule has 4 N–H and O–H groups in total. The first kappa shape index (κ1) is 17.1. The lowest BCUT2D eigenvalue weighted by molar-refractivity contribution is -0.119. The van der Waals surface area contributed by atoms with Gasteiger partial charge in [0.15, 0.2) is 0 Å². The molecule has 5 nitrogen and oxygen atoms in total. The average molecular weight is 408 g/mol. The molecule has 1 amide bonds. The molecule has 0 aliphatic rings. The van der Waals surface area contributed by atoms with E-state index in [0.29, 0.717) is 15.4 Å². The molecule has 20 heavy (non-hydrogen) atoms. The molecule has 0 saturated carbocycles. The zero-order chi connectivity index (χ0) is 15.3. The van der Waals surface area contributed by atoms with Gasteiger partial charge in [0.1, 0.15) is 0 Å². The molecule has 0 radical (unpaired) electrons. The van der Waals surface area contributed by atoms with Gasteiger partial charge >= 0.3 is 5.97 Å². The van der Waals surface area contributed by atoms with Crippen LogP contribution in [0.25, 0.3) is 0 Å². The highest BCUT2D eigenvalue weighted by Crippen LogP contribution is 2.31. The topological polar surface area (TPSA) is 92.4 Å². The van der Waals surface area contributed by atoms with E-state index in [1.54, 1.807) is 6.07 Å². The summed E-state index contributed by atoms with van der Waals surface area (Å²) in [5, 5.41) is 11.9. The van der Waals surface area contributed by atoms with Crippen molar-refractivity contribution in [2.75, 3.05) is 11.9 Å². The quantitative estimate of drug-likeness (QED) is 0.674. The molecular formula is C13H16Br2N2O3. The van der Waals surface area contributed by atoms with Crippen LogP contribution >= 0.6 is 31.9 Å². The van der Waals surface area contributed by atoms with E-state index in [0.717, 1.165) is 6.42 Å². The molecule has 1 aromatic rings. The molecule has 1 rings (SSSR count). The van der Waals surface area contributed by atoms with Crippen molar-refractivity contribution in [1.82, 2.24) is 0 Å². The second kappa shape index (κ2) is 7.75. The Morgan fingerprint density at radius 2 is 2.05 bits per heavy atom. The number of anilines is 1. The van der Waals surface area contributed by atoms with Crippen LogP contribution in [0.1, 0.15) is 30.1 Å². The smallest absolute Gasteiger partial charge is 0.337 e. The maximum absolute atomic E-state index is 12.1. The highest BCUT2D eigenvalue weighted by atomic mass is 79.9. The number of benzene rings is 1. The Bertz CT molecular complexity index is 521. The van der Waals surface area contributed by atoms with Crippen molar-refractivity contribution in [1.29, 1.82) is 0 Å². The summed E-state index contributed by atoms with van der Waals surface area (Å²) in [6, 6.07) is 3.12. The monoisotopic (exact) mass is 406 g/mol. The van der Waals surface area contributed by atoms with Crippen LogP contribution in [0, 0.1) is 5.92 Å². The molecule has 1 aromatic carbocycles. The number of carbonyl (C=O) groups excluding carboxylic acids is 1. The summed E-state index contributed by atoms with van der Waals surface area (Å²) in [5.74, 6) is -1.70. The van der Waals surface area contributed by atoms with Gasteiger partial charge in [0.05, 0.1) is 17.2 Å². The van der Waals surface area contributed by atoms with Gasteiger partial charge in [-0.1, -0.05) is 29.3 Å². The van der Waals surface area contributed by atoms with E-state index < -0.39 is 5.97 Å². The first-order valence-electron chi connectivity index (χ1n) is 6.14. The molecule has 0 heterocycles. The Morgan fingerprint density at radius 3 is 2.55 bits per heavy atom. The zero-order valence-electron chi connectivity index (χ0n) is 11.0. The minimum atomic E-state index is -1.11. The first-order valence-corrected chi connectivity index (χ1v) is 7.72. The lowest BCUT2D eigenvalue weighted by Crippen LogP contribution is -2.29. The summed E-state index contributed by atoms with van der Waals surface area (Å²) >= 11 is 6.49. The van der Waals surface area contributed by atoms with E-state index in [1.807, 2.05) is 6.92 Å². The Hall–Kier alpha value is -0.920. The van der Waals surface area contributed by atoms with Gasteiger partial charge in [-0.05, 0) is 34.5 Å². The largest absolute Gasteiger partial charge is 0.478 e. The first-order chi connectivity index (χ1) is 9.40. The number of hydrogen-bond donors (Lipinski definition) is 3. The highest BCUT2D eigenvalue weighted by molar-refractivity contribution is 9.11. The summed E-state index contributed by atoms with van der Waals surface area (Å²) in [5.41, 5.74) is 5.85. The van der Waals surface area contributed by atoms with Crippen molar-refractivity contribution in [3.8, 4) is 0 Å². The molecule has 0 aliphatic heterocycles. The minimum Gasteiger partial charge on any atom is -0.478 e. The molecular weight excluding hydrogens is 392 g/mol. The standard InChI is InChI=1S/C13H16Br2N2O3/c1-2-3-7(6-16)12(18)17-11-9(13(19)20)4-8(14)5-10(11)15/h4-5,7H,2-3,6,16H2,1H3,(H,17,18)(H,19,20). The van der Waals surface area contributed by atoms with Gasteiger partial charge in [0.2, 0.25) is 5.91 Å². The normalized spacial score (nSPS) is 12.0. The van der Waals surface area contributed by atoms with Gasteiger partial charge < -0.3 is 16.2 Å². The van der Waals surface area contributed by atoms with Crippen molar-refractivity contribution in [3.63, 3.8) is 0 Å². The third-order valence-electron chi connectivity index (χ3n) is 2.83. The number of amides is 1. The summed E-state index contributed by atoms with van der Waals surface area (Å²) in [6.07, 6.45) is 1.50. The molecule has 0 fully saturated rings. The molecule has 7 heteroatoms. The van der Waals surface area contributed by atoms with Crippen LogP contribution in [-0.2, 0) is 4.79 Å². The molecule has 0 saturated heterocycles. The lowest BCUT2D eigenvalue weighted by atomic mass is 10.0. The summed E-state index contributed by atoms with van der Waals surface area (Å²) in [7, 11) is 0. The molecule has 0 bridgehead atoms. The summed E-state index contributed by atoms with van der Waals surface area (Å²) in [6.45, 7) is 2.20. The molecule has 110 valence electrons. The Morgan fingerprint density at radius 1 is 1.40 bits per heavy atom. The maximum atomic E-state index is 12.1. The predicted octanol–water partition coefficient (Wildman–Crippen LogP) is 3.22. The maximum Gasteiger partial charge on any atom is 0.337 e. The van der Waals surface area contributed by atoms with Gasteiger partial charge in [-0.3, -0.25) is 4.79 Å². The molecule has 0 aliphatic carbocycles. The van der Waals surface area contributed by atoms with Crippen LogP contribution < -0.4 is 11.1 Å². The Labute approximate surface area is 134 Å². The number of carbonyl (C=O) groups is 2. The van der Waals surface area contributed by atoms with E-state index in [9.17, 15) is 14.7 Å². The van der Waals surface area contributed by atoms with Crippen molar-refractivity contribution in [2.24, 2.45) is 11.7 Å². The number of nitrogens with one attached hydrogen (secondary N) is 1. The summed E-state index contributed by atoms with van der Waals surface area (Å²) < 4.78 is 1.12. The number of nitrogens with two attached hydrogens (primary N) is 1. The summed E-state index contributed by atoms with van der Waals surface area (Å²) in [4.78, 5) is 23.4. The van der Waals surface area contributed by atoms with E-state index in [2.05, 4.69) is 37.2 Å². The van der Waals surface area contributed by atoms with Gasteiger partial charge in [-0.15, -0.1) is 0 Å². The fourth-order valence-electron chi connectivity index (χ4n) is 1.80. The van der Waals surface area contributed by atoms with Crippen molar-refractivity contribution >= 4 is 49.4 Å². The van der Waals surface area contributed by atoms with Crippen LogP contribution in [0.2, 0.25) is 0 Å². The number of aromatic carboxylic acids is 1. The second-order valence-corrected chi connectivity index (χ2v) is 6.10.